The zero-order chi connectivity index (χ0) is 15.6. The SMILES string of the molecule is Cc1cc(F)c(-c2nn(C)cc2CNCC(C)C)cc1F. The van der Waals surface area contributed by atoms with Crippen LogP contribution in [-0.4, -0.2) is 16.3 Å². The van der Waals surface area contributed by atoms with Crippen molar-refractivity contribution >= 4 is 0 Å². The van der Waals surface area contributed by atoms with E-state index in [1.807, 2.05) is 6.20 Å². The van der Waals surface area contributed by atoms with Crippen molar-refractivity contribution in [3.05, 3.63) is 41.1 Å². The van der Waals surface area contributed by atoms with E-state index >= 15 is 0 Å². The van der Waals surface area contributed by atoms with Crippen LogP contribution in [0.5, 0.6) is 0 Å². The molecular weight excluding hydrogens is 272 g/mol. The first-order valence-corrected chi connectivity index (χ1v) is 7.07. The second kappa shape index (κ2) is 6.35. The van der Waals surface area contributed by atoms with Crippen molar-refractivity contribution in [3.63, 3.8) is 0 Å². The second-order valence-electron chi connectivity index (χ2n) is 5.78. The van der Waals surface area contributed by atoms with Crippen molar-refractivity contribution < 1.29 is 8.78 Å². The van der Waals surface area contributed by atoms with Gasteiger partial charge in [0.15, 0.2) is 0 Å². The maximum Gasteiger partial charge on any atom is 0.133 e. The lowest BCUT2D eigenvalue weighted by Crippen LogP contribution is -2.19. The Bertz CT molecular complexity index is 633. The largest absolute Gasteiger partial charge is 0.312 e. The lowest BCUT2D eigenvalue weighted by Gasteiger charge is -2.08. The summed E-state index contributed by atoms with van der Waals surface area (Å²) < 4.78 is 29.5. The predicted molar refractivity (Wildman–Crippen MR) is 79.8 cm³/mol. The monoisotopic (exact) mass is 293 g/mol. The van der Waals surface area contributed by atoms with Gasteiger partial charge in [0.2, 0.25) is 0 Å². The van der Waals surface area contributed by atoms with Crippen molar-refractivity contribution in [2.75, 3.05) is 6.54 Å². The fourth-order valence-corrected chi connectivity index (χ4v) is 2.22. The van der Waals surface area contributed by atoms with E-state index in [1.54, 1.807) is 18.7 Å². The molecule has 0 fully saturated rings. The van der Waals surface area contributed by atoms with E-state index in [0.717, 1.165) is 12.1 Å². The van der Waals surface area contributed by atoms with Crippen molar-refractivity contribution in [2.24, 2.45) is 13.0 Å². The Hall–Kier alpha value is -1.75. The number of halogens is 2. The van der Waals surface area contributed by atoms with E-state index in [-0.39, 0.29) is 5.56 Å². The van der Waals surface area contributed by atoms with Crippen LogP contribution in [0.3, 0.4) is 0 Å². The van der Waals surface area contributed by atoms with Crippen LogP contribution in [0.25, 0.3) is 11.3 Å². The first-order chi connectivity index (χ1) is 9.88. The molecule has 1 N–H and O–H groups in total. The molecule has 0 saturated carbocycles. The summed E-state index contributed by atoms with van der Waals surface area (Å²) in [6.07, 6.45) is 1.83. The molecule has 0 aliphatic heterocycles. The van der Waals surface area contributed by atoms with Crippen LogP contribution in [-0.2, 0) is 13.6 Å². The summed E-state index contributed by atoms with van der Waals surface area (Å²) in [6.45, 7) is 7.22. The molecule has 2 rings (SSSR count). The molecule has 0 spiro atoms. The molecule has 2 aromatic rings. The number of aromatic nitrogens is 2. The normalized spacial score (nSPS) is 11.4. The second-order valence-corrected chi connectivity index (χ2v) is 5.78. The number of nitrogens with one attached hydrogen (secondary N) is 1. The van der Waals surface area contributed by atoms with Crippen molar-refractivity contribution in [3.8, 4) is 11.3 Å². The third-order valence-electron chi connectivity index (χ3n) is 3.28. The summed E-state index contributed by atoms with van der Waals surface area (Å²) in [5, 5.41) is 7.58. The molecule has 0 radical (unpaired) electrons. The van der Waals surface area contributed by atoms with E-state index in [4.69, 9.17) is 0 Å². The first kappa shape index (κ1) is 15.6. The lowest BCUT2D eigenvalue weighted by atomic mass is 10.0. The van der Waals surface area contributed by atoms with Crippen LogP contribution in [0.15, 0.2) is 18.3 Å². The fraction of sp³-hybridized carbons (Fsp3) is 0.438. The molecule has 114 valence electrons. The highest BCUT2D eigenvalue weighted by Gasteiger charge is 2.16. The molecule has 0 amide bonds. The molecule has 0 atom stereocenters. The number of nitrogens with zero attached hydrogens (tertiary/aromatic N) is 2. The fourth-order valence-electron chi connectivity index (χ4n) is 2.22. The Labute approximate surface area is 124 Å². The topological polar surface area (TPSA) is 29.9 Å². The van der Waals surface area contributed by atoms with Gasteiger partial charge in [-0.05, 0) is 37.1 Å². The van der Waals surface area contributed by atoms with Crippen LogP contribution in [0.4, 0.5) is 8.78 Å². The summed E-state index contributed by atoms with van der Waals surface area (Å²) in [5.74, 6) is -0.338. The van der Waals surface area contributed by atoms with Gasteiger partial charge in [0.1, 0.15) is 11.6 Å². The maximum absolute atomic E-state index is 14.1. The molecule has 21 heavy (non-hydrogen) atoms. The van der Waals surface area contributed by atoms with Gasteiger partial charge in [-0.25, -0.2) is 8.78 Å². The van der Waals surface area contributed by atoms with Crippen molar-refractivity contribution in [2.45, 2.75) is 27.3 Å². The number of benzene rings is 1. The molecule has 0 saturated heterocycles. The first-order valence-electron chi connectivity index (χ1n) is 7.07. The maximum atomic E-state index is 14.1. The minimum atomic E-state index is -0.447. The standard InChI is InChI=1S/C16H21F2N3/c1-10(2)7-19-8-12-9-21(4)20-16(12)13-6-14(17)11(3)5-15(13)18/h5-6,9-10,19H,7-8H2,1-4H3. The van der Waals surface area contributed by atoms with Crippen molar-refractivity contribution in [1.82, 2.24) is 15.1 Å². The van der Waals surface area contributed by atoms with Gasteiger partial charge >= 0.3 is 0 Å². The molecule has 0 bridgehead atoms. The van der Waals surface area contributed by atoms with Crippen LogP contribution in [0.1, 0.15) is 25.0 Å². The average Bonchev–Trinajstić information content (AvgIpc) is 2.74. The molecule has 1 aromatic carbocycles. The zero-order valence-electron chi connectivity index (χ0n) is 12.9. The summed E-state index contributed by atoms with van der Waals surface area (Å²) in [5.41, 5.74) is 1.86. The third kappa shape index (κ3) is 3.67. The molecule has 1 aromatic heterocycles. The predicted octanol–water partition coefficient (Wildman–Crippen LogP) is 3.42. The van der Waals surface area contributed by atoms with Gasteiger partial charge in [-0.2, -0.15) is 5.10 Å². The minimum absolute atomic E-state index is 0.208. The average molecular weight is 293 g/mol. The molecule has 5 heteroatoms. The number of aryl methyl sites for hydroxylation is 2. The number of hydrogen-bond donors (Lipinski definition) is 1. The Morgan fingerprint density at radius 1 is 1.24 bits per heavy atom. The smallest absolute Gasteiger partial charge is 0.133 e. The molecule has 0 unspecified atom stereocenters. The Kier molecular flexibility index (Phi) is 4.73. The highest BCUT2D eigenvalue weighted by molar-refractivity contribution is 5.64. The number of rotatable bonds is 5. The van der Waals surface area contributed by atoms with E-state index in [2.05, 4.69) is 24.3 Å². The van der Waals surface area contributed by atoms with Gasteiger partial charge in [-0.15, -0.1) is 0 Å². The number of hydrogen-bond acceptors (Lipinski definition) is 2. The van der Waals surface area contributed by atoms with Gasteiger partial charge < -0.3 is 5.32 Å². The van der Waals surface area contributed by atoms with Crippen LogP contribution >= 0.6 is 0 Å². The van der Waals surface area contributed by atoms with Crippen molar-refractivity contribution in [1.29, 1.82) is 0 Å². The van der Waals surface area contributed by atoms with E-state index < -0.39 is 11.6 Å². The van der Waals surface area contributed by atoms with Crippen LogP contribution < -0.4 is 5.32 Å². The van der Waals surface area contributed by atoms with E-state index in [9.17, 15) is 8.78 Å². The highest BCUT2D eigenvalue weighted by atomic mass is 19.1. The van der Waals surface area contributed by atoms with Gasteiger partial charge in [0.05, 0.1) is 5.69 Å². The highest BCUT2D eigenvalue weighted by Crippen LogP contribution is 2.27. The Morgan fingerprint density at radius 2 is 1.95 bits per heavy atom. The lowest BCUT2D eigenvalue weighted by molar-refractivity contribution is 0.552. The molecular formula is C16H21F2N3. The van der Waals surface area contributed by atoms with Crippen LogP contribution in [0.2, 0.25) is 0 Å². The van der Waals surface area contributed by atoms with Gasteiger partial charge in [-0.1, -0.05) is 13.8 Å². The van der Waals surface area contributed by atoms with Gasteiger partial charge in [0, 0.05) is 30.9 Å². The van der Waals surface area contributed by atoms with E-state index in [0.29, 0.717) is 23.7 Å². The van der Waals surface area contributed by atoms with Gasteiger partial charge in [-0.3, -0.25) is 4.68 Å². The summed E-state index contributed by atoms with van der Waals surface area (Å²) >= 11 is 0. The molecule has 3 nitrogen and oxygen atoms in total. The molecule has 1 heterocycles. The summed E-state index contributed by atoms with van der Waals surface area (Å²) in [7, 11) is 1.78. The Morgan fingerprint density at radius 3 is 2.62 bits per heavy atom. The van der Waals surface area contributed by atoms with Gasteiger partial charge in [0.25, 0.3) is 0 Å². The third-order valence-corrected chi connectivity index (χ3v) is 3.28. The van der Waals surface area contributed by atoms with E-state index in [1.165, 1.54) is 12.1 Å². The summed E-state index contributed by atoms with van der Waals surface area (Å²) in [6, 6.07) is 2.43. The Balaban J connectivity index is 2.33. The van der Waals surface area contributed by atoms with Crippen LogP contribution in [0, 0.1) is 24.5 Å². The quantitative estimate of drug-likeness (QED) is 0.915. The zero-order valence-corrected chi connectivity index (χ0v) is 12.9. The summed E-state index contributed by atoms with van der Waals surface area (Å²) in [4.78, 5) is 0. The molecule has 0 aliphatic carbocycles. The molecule has 0 aliphatic rings. The minimum Gasteiger partial charge on any atom is -0.312 e.